The molecule has 5 nitrogen and oxygen atoms in total. The van der Waals surface area contributed by atoms with Crippen LogP contribution < -0.4 is 5.73 Å². The quantitative estimate of drug-likeness (QED) is 0.779. The Kier molecular flexibility index (Phi) is 5.75. The van der Waals surface area contributed by atoms with Crippen molar-refractivity contribution in [2.45, 2.75) is 71.6 Å². The van der Waals surface area contributed by atoms with E-state index >= 15 is 0 Å². The predicted molar refractivity (Wildman–Crippen MR) is 91.1 cm³/mol. The van der Waals surface area contributed by atoms with Gasteiger partial charge < -0.3 is 20.1 Å². The fourth-order valence-corrected chi connectivity index (χ4v) is 3.60. The van der Waals surface area contributed by atoms with Crippen LogP contribution in [0.2, 0.25) is 0 Å². The van der Waals surface area contributed by atoms with E-state index < -0.39 is 5.54 Å². The molecule has 0 radical (unpaired) electrons. The van der Waals surface area contributed by atoms with Gasteiger partial charge in [-0.05, 0) is 25.7 Å². The van der Waals surface area contributed by atoms with Crippen LogP contribution in [-0.4, -0.2) is 54.9 Å². The third-order valence-electron chi connectivity index (χ3n) is 5.69. The number of ether oxygens (including phenoxy) is 2. The van der Waals surface area contributed by atoms with Gasteiger partial charge in [-0.15, -0.1) is 0 Å². The number of amides is 1. The zero-order valence-corrected chi connectivity index (χ0v) is 15.4. The van der Waals surface area contributed by atoms with E-state index in [4.69, 9.17) is 15.2 Å². The van der Waals surface area contributed by atoms with Crippen LogP contribution in [-0.2, 0) is 14.3 Å². The molecule has 0 aromatic rings. The summed E-state index contributed by atoms with van der Waals surface area (Å²) >= 11 is 0. The minimum atomic E-state index is -0.806. The van der Waals surface area contributed by atoms with E-state index in [1.165, 1.54) is 0 Å². The molecule has 1 amide bonds. The van der Waals surface area contributed by atoms with Crippen LogP contribution in [0.25, 0.3) is 0 Å². The van der Waals surface area contributed by atoms with Gasteiger partial charge in [0.25, 0.3) is 0 Å². The van der Waals surface area contributed by atoms with Crippen LogP contribution in [0, 0.1) is 11.3 Å². The monoisotopic (exact) mass is 326 g/mol. The fourth-order valence-electron chi connectivity index (χ4n) is 3.60. The minimum absolute atomic E-state index is 0.0633. The average molecular weight is 326 g/mol. The van der Waals surface area contributed by atoms with Gasteiger partial charge in [-0.2, -0.15) is 0 Å². The second-order valence-corrected chi connectivity index (χ2v) is 8.06. The largest absolute Gasteiger partial charge is 0.378 e. The Balaban J connectivity index is 1.87. The normalized spacial score (nSPS) is 33.1. The molecule has 1 saturated carbocycles. The number of hydrogen-bond acceptors (Lipinski definition) is 4. The Labute approximate surface area is 140 Å². The second kappa shape index (κ2) is 7.08. The maximum Gasteiger partial charge on any atom is 0.243 e. The van der Waals surface area contributed by atoms with Crippen molar-refractivity contribution in [1.29, 1.82) is 0 Å². The van der Waals surface area contributed by atoms with Crippen molar-refractivity contribution in [1.82, 2.24) is 4.90 Å². The highest BCUT2D eigenvalue weighted by Crippen LogP contribution is 2.50. The first-order valence-electron chi connectivity index (χ1n) is 9.03. The fraction of sp³-hybridized carbons (Fsp3) is 0.944. The highest BCUT2D eigenvalue weighted by molar-refractivity contribution is 5.89. The minimum Gasteiger partial charge on any atom is -0.378 e. The summed E-state index contributed by atoms with van der Waals surface area (Å²) in [6, 6.07) is 0. The number of carbonyl (C=O) groups excluding carboxylic acids is 1. The number of hydrogen-bond donors (Lipinski definition) is 1. The Morgan fingerprint density at radius 2 is 2.04 bits per heavy atom. The number of nitrogens with two attached hydrogens (primary N) is 1. The first-order chi connectivity index (χ1) is 10.7. The van der Waals surface area contributed by atoms with Crippen molar-refractivity contribution in [3.8, 4) is 0 Å². The molecule has 1 aliphatic carbocycles. The molecule has 1 saturated heterocycles. The molecule has 2 N–H and O–H groups in total. The van der Waals surface area contributed by atoms with Gasteiger partial charge in [-0.3, -0.25) is 4.79 Å². The van der Waals surface area contributed by atoms with Gasteiger partial charge in [0.2, 0.25) is 5.91 Å². The van der Waals surface area contributed by atoms with Gasteiger partial charge in [-0.25, -0.2) is 0 Å². The van der Waals surface area contributed by atoms with Crippen LogP contribution in [0.15, 0.2) is 0 Å². The van der Waals surface area contributed by atoms with E-state index in [1.54, 1.807) is 0 Å². The smallest absolute Gasteiger partial charge is 0.243 e. The summed E-state index contributed by atoms with van der Waals surface area (Å²) in [6.45, 7) is 13.3. The number of nitrogens with zero attached hydrogens (tertiary/aromatic N) is 1. The van der Waals surface area contributed by atoms with Gasteiger partial charge in [0, 0.05) is 38.1 Å². The zero-order valence-electron chi connectivity index (χ0n) is 15.4. The molecule has 0 bridgehead atoms. The van der Waals surface area contributed by atoms with Crippen LogP contribution >= 0.6 is 0 Å². The Hall–Kier alpha value is -0.650. The molecule has 23 heavy (non-hydrogen) atoms. The molecule has 2 fully saturated rings. The van der Waals surface area contributed by atoms with E-state index in [2.05, 4.69) is 13.8 Å². The first kappa shape index (κ1) is 18.7. The molecular weight excluding hydrogens is 292 g/mol. The molecule has 3 unspecified atom stereocenters. The summed E-state index contributed by atoms with van der Waals surface area (Å²) in [5, 5.41) is 0. The maximum absolute atomic E-state index is 12.9. The van der Waals surface area contributed by atoms with Gasteiger partial charge >= 0.3 is 0 Å². The average Bonchev–Trinajstić information content (AvgIpc) is 2.94. The lowest BCUT2D eigenvalue weighted by Gasteiger charge is -2.58. The van der Waals surface area contributed by atoms with Crippen LogP contribution in [0.3, 0.4) is 0 Å². The van der Waals surface area contributed by atoms with E-state index in [9.17, 15) is 4.79 Å². The summed E-state index contributed by atoms with van der Waals surface area (Å²) in [7, 11) is 0. The predicted octanol–water partition coefficient (Wildman–Crippen LogP) is 2.18. The van der Waals surface area contributed by atoms with E-state index in [0.717, 1.165) is 26.0 Å². The molecule has 2 aliphatic rings. The van der Waals surface area contributed by atoms with Crippen molar-refractivity contribution < 1.29 is 14.3 Å². The lowest BCUT2D eigenvalue weighted by molar-refractivity contribution is -0.178. The lowest BCUT2D eigenvalue weighted by atomic mass is 9.54. The molecule has 5 heteroatoms. The number of likely N-dealkylation sites (tertiary alicyclic amines) is 1. The molecule has 2 rings (SSSR count). The van der Waals surface area contributed by atoms with Crippen molar-refractivity contribution >= 4 is 5.91 Å². The zero-order chi connectivity index (χ0) is 17.3. The van der Waals surface area contributed by atoms with Crippen LogP contribution in [0.4, 0.5) is 0 Å². The van der Waals surface area contributed by atoms with Crippen molar-refractivity contribution in [3.05, 3.63) is 0 Å². The summed E-state index contributed by atoms with van der Waals surface area (Å²) in [4.78, 5) is 14.8. The van der Waals surface area contributed by atoms with Crippen LogP contribution in [0.1, 0.15) is 53.9 Å². The first-order valence-corrected chi connectivity index (χ1v) is 9.03. The highest BCUT2D eigenvalue weighted by atomic mass is 16.5. The molecule has 1 aliphatic heterocycles. The molecular formula is C18H34N2O3. The highest BCUT2D eigenvalue weighted by Gasteiger charge is 2.64. The molecule has 0 spiro atoms. The molecule has 134 valence electrons. The molecule has 3 atom stereocenters. The Bertz CT molecular complexity index is 424. The number of rotatable bonds is 7. The summed E-state index contributed by atoms with van der Waals surface area (Å²) in [5.74, 6) is 0.709. The number of carbonyl (C=O) groups is 1. The lowest BCUT2D eigenvalue weighted by Crippen LogP contribution is -2.75. The van der Waals surface area contributed by atoms with Gasteiger partial charge in [-0.1, -0.05) is 27.7 Å². The van der Waals surface area contributed by atoms with E-state index in [0.29, 0.717) is 25.5 Å². The third kappa shape index (κ3) is 3.57. The molecule has 0 aromatic carbocycles. The maximum atomic E-state index is 12.9. The SMILES string of the molecule is CCOC1CC(N)(C(=O)N2CCC(OCCC(C)C)C2)C1(C)C. The van der Waals surface area contributed by atoms with Gasteiger partial charge in [0.15, 0.2) is 0 Å². The summed E-state index contributed by atoms with van der Waals surface area (Å²) in [5.41, 5.74) is 5.37. The Morgan fingerprint density at radius 3 is 2.61 bits per heavy atom. The van der Waals surface area contributed by atoms with Gasteiger partial charge in [0.1, 0.15) is 5.54 Å². The summed E-state index contributed by atoms with van der Waals surface area (Å²) < 4.78 is 11.6. The standard InChI is InChI=1S/C18H34N2O3/c1-6-22-15-11-18(19,17(15,4)5)16(21)20-9-7-14(12-20)23-10-8-13(2)3/h13-15H,6-12,19H2,1-5H3. The van der Waals surface area contributed by atoms with E-state index in [1.807, 2.05) is 25.7 Å². The van der Waals surface area contributed by atoms with Crippen molar-refractivity contribution in [2.75, 3.05) is 26.3 Å². The van der Waals surface area contributed by atoms with Crippen LogP contribution in [0.5, 0.6) is 0 Å². The molecule has 1 heterocycles. The Morgan fingerprint density at radius 1 is 1.35 bits per heavy atom. The van der Waals surface area contributed by atoms with Crippen molar-refractivity contribution in [3.63, 3.8) is 0 Å². The topological polar surface area (TPSA) is 64.8 Å². The molecule has 0 aromatic heterocycles. The van der Waals surface area contributed by atoms with E-state index in [-0.39, 0.29) is 23.5 Å². The third-order valence-corrected chi connectivity index (χ3v) is 5.69. The second-order valence-electron chi connectivity index (χ2n) is 8.06. The van der Waals surface area contributed by atoms with Crippen molar-refractivity contribution in [2.24, 2.45) is 17.1 Å². The van der Waals surface area contributed by atoms with Gasteiger partial charge in [0.05, 0.1) is 12.2 Å². The summed E-state index contributed by atoms with van der Waals surface area (Å²) in [6.07, 6.45) is 2.82.